The Balaban J connectivity index is 1.21. The lowest BCUT2D eigenvalue weighted by Crippen LogP contribution is -2.15. The lowest BCUT2D eigenvalue weighted by atomic mass is 9.82. The monoisotopic (exact) mass is 617 g/mol. The second kappa shape index (κ2) is 9.97. The van der Waals surface area contributed by atoms with Crippen LogP contribution in [0.15, 0.2) is 160 Å². The highest BCUT2D eigenvalue weighted by Gasteiger charge is 2.37. The average molecular weight is 618 g/mol. The molecule has 1 aliphatic carbocycles. The number of hydrogen-bond acceptors (Lipinski definition) is 3. The lowest BCUT2D eigenvalue weighted by Gasteiger charge is -2.27. The van der Waals surface area contributed by atoms with Crippen LogP contribution in [0.5, 0.6) is 0 Å². The lowest BCUT2D eigenvalue weighted by molar-refractivity contribution is 0.660. The first-order valence-electron chi connectivity index (χ1n) is 16.5. The molecule has 0 spiro atoms. The van der Waals surface area contributed by atoms with Gasteiger partial charge in [0.05, 0.1) is 0 Å². The molecule has 0 amide bonds. The summed E-state index contributed by atoms with van der Waals surface area (Å²) < 4.78 is 12.8. The molecule has 1 aliphatic rings. The first-order chi connectivity index (χ1) is 23.5. The van der Waals surface area contributed by atoms with Crippen molar-refractivity contribution in [2.75, 3.05) is 4.90 Å². The van der Waals surface area contributed by atoms with Gasteiger partial charge in [-0.2, -0.15) is 0 Å². The van der Waals surface area contributed by atoms with E-state index < -0.39 is 0 Å². The summed E-state index contributed by atoms with van der Waals surface area (Å²) in [5.74, 6) is 0. The van der Waals surface area contributed by atoms with Crippen molar-refractivity contribution >= 4 is 60.9 Å². The molecule has 7 aromatic carbocycles. The topological polar surface area (TPSA) is 29.5 Å². The minimum absolute atomic E-state index is 0.126. The van der Waals surface area contributed by atoms with Crippen LogP contribution in [-0.2, 0) is 5.41 Å². The summed E-state index contributed by atoms with van der Waals surface area (Å²) in [5.41, 5.74) is 14.3. The third kappa shape index (κ3) is 3.88. The summed E-state index contributed by atoms with van der Waals surface area (Å²) in [4.78, 5) is 2.33. The standard InChI is InChI=1S/C45H31NO2/c1-45(2)38-24-21-29(25-37(38)44-32(15-10-16-39(44)45)28-11-4-3-5-12-28)46(30-19-22-35-33-13-6-8-17-40(33)47-42(35)26-30)31-20-23-36-34-14-7-9-18-41(34)48-43(36)27-31/h3-27H,1-2H3. The fourth-order valence-electron chi connectivity index (χ4n) is 7.94. The maximum atomic E-state index is 6.39. The van der Waals surface area contributed by atoms with Crippen molar-refractivity contribution in [3.8, 4) is 22.3 Å². The van der Waals surface area contributed by atoms with E-state index in [0.29, 0.717) is 0 Å². The van der Waals surface area contributed by atoms with E-state index in [9.17, 15) is 0 Å². The highest BCUT2D eigenvalue weighted by Crippen LogP contribution is 2.54. The second-order valence-corrected chi connectivity index (χ2v) is 13.3. The van der Waals surface area contributed by atoms with Gasteiger partial charge in [0, 0.05) is 56.2 Å². The molecule has 48 heavy (non-hydrogen) atoms. The first-order valence-corrected chi connectivity index (χ1v) is 16.5. The van der Waals surface area contributed by atoms with Gasteiger partial charge in [0.15, 0.2) is 0 Å². The van der Waals surface area contributed by atoms with Gasteiger partial charge in [-0.1, -0.05) is 105 Å². The summed E-state index contributed by atoms with van der Waals surface area (Å²) in [6.07, 6.45) is 0. The summed E-state index contributed by atoms with van der Waals surface area (Å²) >= 11 is 0. The van der Waals surface area contributed by atoms with Crippen LogP contribution < -0.4 is 4.90 Å². The highest BCUT2D eigenvalue weighted by atomic mass is 16.3. The predicted octanol–water partition coefficient (Wildman–Crippen LogP) is 12.9. The predicted molar refractivity (Wildman–Crippen MR) is 199 cm³/mol. The van der Waals surface area contributed by atoms with Gasteiger partial charge in [-0.15, -0.1) is 0 Å². The van der Waals surface area contributed by atoms with Crippen molar-refractivity contribution in [1.82, 2.24) is 0 Å². The van der Waals surface area contributed by atoms with Gasteiger partial charge in [0.25, 0.3) is 0 Å². The van der Waals surface area contributed by atoms with E-state index in [2.05, 4.69) is 146 Å². The van der Waals surface area contributed by atoms with Crippen LogP contribution in [0.3, 0.4) is 0 Å². The molecule has 0 fully saturated rings. The molecule has 2 heterocycles. The van der Waals surface area contributed by atoms with Gasteiger partial charge < -0.3 is 13.7 Å². The molecule has 0 saturated carbocycles. The fourth-order valence-corrected chi connectivity index (χ4v) is 7.94. The second-order valence-electron chi connectivity index (χ2n) is 13.3. The zero-order chi connectivity index (χ0) is 32.0. The number of anilines is 3. The molecule has 9 aromatic rings. The number of para-hydroxylation sites is 2. The van der Waals surface area contributed by atoms with E-state index in [1.165, 1.54) is 33.4 Å². The fraction of sp³-hybridized carbons (Fsp3) is 0.0667. The van der Waals surface area contributed by atoms with Crippen molar-refractivity contribution in [3.63, 3.8) is 0 Å². The summed E-state index contributed by atoms with van der Waals surface area (Å²) in [6.45, 7) is 4.68. The third-order valence-corrected chi connectivity index (χ3v) is 10.3. The van der Waals surface area contributed by atoms with Crippen LogP contribution >= 0.6 is 0 Å². The number of rotatable bonds is 4. The molecule has 2 aromatic heterocycles. The molecule has 0 unspecified atom stereocenters. The Bertz CT molecular complexity index is 2600. The molecule has 0 radical (unpaired) electrons. The Morgan fingerprint density at radius 3 is 1.60 bits per heavy atom. The molecule has 0 aliphatic heterocycles. The summed E-state index contributed by atoms with van der Waals surface area (Å²) in [7, 11) is 0. The molecule has 10 rings (SSSR count). The van der Waals surface area contributed by atoms with Crippen LogP contribution in [-0.4, -0.2) is 0 Å². The van der Waals surface area contributed by atoms with Crippen molar-refractivity contribution in [1.29, 1.82) is 0 Å². The van der Waals surface area contributed by atoms with Crippen LogP contribution in [0.1, 0.15) is 25.0 Å². The zero-order valence-corrected chi connectivity index (χ0v) is 26.7. The van der Waals surface area contributed by atoms with E-state index >= 15 is 0 Å². The molecule has 0 bridgehead atoms. The van der Waals surface area contributed by atoms with Crippen LogP contribution in [0.25, 0.3) is 66.1 Å². The van der Waals surface area contributed by atoms with E-state index in [-0.39, 0.29) is 5.41 Å². The summed E-state index contributed by atoms with van der Waals surface area (Å²) in [6, 6.07) is 54.1. The maximum absolute atomic E-state index is 6.39. The Kier molecular flexibility index (Phi) is 5.63. The molecule has 0 atom stereocenters. The smallest absolute Gasteiger partial charge is 0.137 e. The molecular formula is C45H31NO2. The minimum atomic E-state index is -0.126. The van der Waals surface area contributed by atoms with E-state index in [4.69, 9.17) is 8.83 Å². The molecule has 3 heteroatoms. The van der Waals surface area contributed by atoms with Gasteiger partial charge in [-0.3, -0.25) is 0 Å². The zero-order valence-electron chi connectivity index (χ0n) is 26.7. The third-order valence-electron chi connectivity index (χ3n) is 10.3. The maximum Gasteiger partial charge on any atom is 0.137 e. The number of fused-ring (bicyclic) bond motifs is 9. The SMILES string of the molecule is CC1(C)c2ccc(N(c3ccc4c(c3)oc3ccccc34)c3ccc4c(c3)oc3ccccc34)cc2-c2c(-c3ccccc3)cccc21. The Labute approximate surface area is 278 Å². The molecule has 3 nitrogen and oxygen atoms in total. The van der Waals surface area contributed by atoms with Gasteiger partial charge in [0.1, 0.15) is 22.3 Å². The van der Waals surface area contributed by atoms with Crippen molar-refractivity contribution in [2.24, 2.45) is 0 Å². The Morgan fingerprint density at radius 2 is 0.958 bits per heavy atom. The largest absolute Gasteiger partial charge is 0.456 e. The van der Waals surface area contributed by atoms with Crippen LogP contribution in [0, 0.1) is 0 Å². The number of benzene rings is 7. The highest BCUT2D eigenvalue weighted by molar-refractivity contribution is 6.08. The molecule has 0 N–H and O–H groups in total. The van der Waals surface area contributed by atoms with Crippen molar-refractivity contribution < 1.29 is 8.83 Å². The number of nitrogens with zero attached hydrogens (tertiary/aromatic N) is 1. The normalized spacial score (nSPS) is 13.4. The number of furan rings is 2. The average Bonchev–Trinajstić information content (AvgIpc) is 3.76. The minimum Gasteiger partial charge on any atom is -0.456 e. The van der Waals surface area contributed by atoms with Gasteiger partial charge in [-0.25, -0.2) is 0 Å². The Hall–Kier alpha value is -6.06. The Morgan fingerprint density at radius 1 is 0.417 bits per heavy atom. The molecule has 228 valence electrons. The van der Waals surface area contributed by atoms with E-state index in [0.717, 1.165) is 60.9 Å². The van der Waals surface area contributed by atoms with Gasteiger partial charge in [0.2, 0.25) is 0 Å². The summed E-state index contributed by atoms with van der Waals surface area (Å²) in [5, 5.41) is 4.47. The van der Waals surface area contributed by atoms with E-state index in [1.54, 1.807) is 0 Å². The first kappa shape index (κ1) is 27.1. The molecular weight excluding hydrogens is 587 g/mol. The van der Waals surface area contributed by atoms with Gasteiger partial charge in [-0.05, 0) is 81.9 Å². The van der Waals surface area contributed by atoms with E-state index in [1.807, 2.05) is 24.3 Å². The number of hydrogen-bond donors (Lipinski definition) is 0. The van der Waals surface area contributed by atoms with Gasteiger partial charge >= 0.3 is 0 Å². The van der Waals surface area contributed by atoms with Crippen molar-refractivity contribution in [2.45, 2.75) is 19.3 Å². The molecule has 0 saturated heterocycles. The van der Waals surface area contributed by atoms with Crippen LogP contribution in [0.4, 0.5) is 17.1 Å². The van der Waals surface area contributed by atoms with Crippen molar-refractivity contribution in [3.05, 3.63) is 163 Å². The van der Waals surface area contributed by atoms with Crippen LogP contribution in [0.2, 0.25) is 0 Å². The quantitative estimate of drug-likeness (QED) is 0.197.